The summed E-state index contributed by atoms with van der Waals surface area (Å²) in [5.41, 5.74) is 0.483. The zero-order valence-electron chi connectivity index (χ0n) is 18.3. The first-order chi connectivity index (χ1) is 16.0. The fraction of sp³-hybridized carbons (Fsp3) is 0.292. The smallest absolute Gasteiger partial charge is 0.279 e. The Morgan fingerprint density at radius 3 is 2.91 bits per heavy atom. The van der Waals surface area contributed by atoms with Crippen LogP contribution in [0.1, 0.15) is 35.0 Å². The molecule has 7 nitrogen and oxygen atoms in total. The largest absolute Gasteiger partial charge is 0.493 e. The molecule has 33 heavy (non-hydrogen) atoms. The lowest BCUT2D eigenvalue weighted by molar-refractivity contribution is 0.0946. The summed E-state index contributed by atoms with van der Waals surface area (Å²) in [6.45, 7) is 2.62. The van der Waals surface area contributed by atoms with E-state index in [-0.39, 0.29) is 11.9 Å². The van der Waals surface area contributed by atoms with Crippen LogP contribution in [0.4, 0.5) is 0 Å². The molecule has 3 aromatic rings. The molecule has 1 aliphatic rings. The molecule has 1 N–H and O–H groups in total. The highest BCUT2D eigenvalue weighted by Crippen LogP contribution is 2.35. The van der Waals surface area contributed by atoms with E-state index in [0.717, 1.165) is 17.2 Å². The van der Waals surface area contributed by atoms with Crippen LogP contribution < -0.4 is 19.5 Å². The van der Waals surface area contributed by atoms with E-state index in [0.29, 0.717) is 33.3 Å². The standard InChI is InChI=1S/C24H24ClN3O4S/c1-15(28-23(29)17-9-10-26-22(11-17)30-2)3-7-19-13-27-24(33-19)32-21-8-6-18(12-20(21)25)31-14-16-4-5-16/h3,6-13,15-16H,4-5,14H2,1-2H3,(H,28,29)/t15-/m0/s1. The quantitative estimate of drug-likeness (QED) is 0.401. The molecule has 1 aromatic carbocycles. The van der Waals surface area contributed by atoms with Gasteiger partial charge in [0.2, 0.25) is 5.88 Å². The van der Waals surface area contributed by atoms with Gasteiger partial charge in [-0.2, -0.15) is 0 Å². The molecule has 1 aliphatic carbocycles. The van der Waals surface area contributed by atoms with Crippen molar-refractivity contribution in [3.05, 3.63) is 64.3 Å². The molecule has 4 rings (SSSR count). The maximum absolute atomic E-state index is 12.4. The number of rotatable bonds is 10. The van der Waals surface area contributed by atoms with Gasteiger partial charge in [0.1, 0.15) is 11.5 Å². The summed E-state index contributed by atoms with van der Waals surface area (Å²) in [5, 5.41) is 3.86. The van der Waals surface area contributed by atoms with Crippen LogP contribution in [0.5, 0.6) is 22.6 Å². The highest BCUT2D eigenvalue weighted by molar-refractivity contribution is 7.14. The van der Waals surface area contributed by atoms with Gasteiger partial charge in [-0.1, -0.05) is 29.0 Å². The fourth-order valence-electron chi connectivity index (χ4n) is 2.88. The number of ether oxygens (including phenoxy) is 3. The molecule has 1 fully saturated rings. The number of aromatic nitrogens is 2. The predicted octanol–water partition coefficient (Wildman–Crippen LogP) is 5.61. The van der Waals surface area contributed by atoms with Crippen LogP contribution in [-0.2, 0) is 0 Å². The number of nitrogens with one attached hydrogen (secondary N) is 1. The monoisotopic (exact) mass is 485 g/mol. The van der Waals surface area contributed by atoms with Crippen molar-refractivity contribution in [3.63, 3.8) is 0 Å². The zero-order valence-corrected chi connectivity index (χ0v) is 19.9. The lowest BCUT2D eigenvalue weighted by Gasteiger charge is -2.10. The van der Waals surface area contributed by atoms with Crippen LogP contribution >= 0.6 is 22.9 Å². The van der Waals surface area contributed by atoms with Crippen molar-refractivity contribution in [3.8, 4) is 22.6 Å². The fourth-order valence-corrected chi connectivity index (χ4v) is 3.78. The van der Waals surface area contributed by atoms with Crippen LogP contribution in [-0.4, -0.2) is 35.6 Å². The second kappa shape index (κ2) is 10.7. The van der Waals surface area contributed by atoms with Crippen LogP contribution in [0, 0.1) is 5.92 Å². The van der Waals surface area contributed by atoms with Crippen molar-refractivity contribution < 1.29 is 19.0 Å². The first-order valence-electron chi connectivity index (χ1n) is 10.6. The molecule has 0 bridgehead atoms. The molecule has 172 valence electrons. The Morgan fingerprint density at radius 1 is 1.30 bits per heavy atom. The van der Waals surface area contributed by atoms with E-state index in [4.69, 9.17) is 25.8 Å². The molecule has 0 radical (unpaired) electrons. The summed E-state index contributed by atoms with van der Waals surface area (Å²) in [6, 6.07) is 8.43. The molecule has 0 saturated heterocycles. The number of benzene rings is 1. The zero-order chi connectivity index (χ0) is 23.2. The van der Waals surface area contributed by atoms with E-state index in [1.807, 2.05) is 25.1 Å². The Labute approximate surface area is 201 Å². The second-order valence-corrected chi connectivity index (χ2v) is 9.12. The predicted molar refractivity (Wildman–Crippen MR) is 129 cm³/mol. The number of nitrogens with zero attached hydrogens (tertiary/aromatic N) is 2. The summed E-state index contributed by atoms with van der Waals surface area (Å²) in [5.74, 6) is 2.12. The number of halogens is 1. The number of carbonyl (C=O) groups excluding carboxylic acids is 1. The number of methoxy groups -OCH3 is 1. The number of carbonyl (C=O) groups is 1. The Bertz CT molecular complexity index is 1150. The first kappa shape index (κ1) is 23.1. The van der Waals surface area contributed by atoms with Crippen molar-refractivity contribution in [1.82, 2.24) is 15.3 Å². The first-order valence-corrected chi connectivity index (χ1v) is 11.7. The van der Waals surface area contributed by atoms with Crippen molar-refractivity contribution in [2.75, 3.05) is 13.7 Å². The Hall–Kier alpha value is -3.10. The highest BCUT2D eigenvalue weighted by Gasteiger charge is 2.22. The Morgan fingerprint density at radius 2 is 2.15 bits per heavy atom. The average molecular weight is 486 g/mol. The normalized spacial score (nSPS) is 14.2. The molecule has 0 unspecified atom stereocenters. The van der Waals surface area contributed by atoms with Gasteiger partial charge < -0.3 is 19.5 Å². The summed E-state index contributed by atoms with van der Waals surface area (Å²) in [7, 11) is 1.51. The minimum atomic E-state index is -0.208. The maximum atomic E-state index is 12.4. The third-order valence-electron chi connectivity index (χ3n) is 4.90. The van der Waals surface area contributed by atoms with Crippen LogP contribution in [0.25, 0.3) is 6.08 Å². The molecule has 1 atom stereocenters. The van der Waals surface area contributed by atoms with Crippen molar-refractivity contribution in [2.45, 2.75) is 25.8 Å². The van der Waals surface area contributed by atoms with Crippen molar-refractivity contribution in [2.24, 2.45) is 5.92 Å². The van der Waals surface area contributed by atoms with Gasteiger partial charge in [-0.05, 0) is 50.0 Å². The topological polar surface area (TPSA) is 82.6 Å². The van der Waals surface area contributed by atoms with E-state index in [2.05, 4.69) is 15.3 Å². The summed E-state index contributed by atoms with van der Waals surface area (Å²) in [6.07, 6.45) is 9.49. The highest BCUT2D eigenvalue weighted by atomic mass is 35.5. The minimum absolute atomic E-state index is 0.194. The van der Waals surface area contributed by atoms with Gasteiger partial charge in [0.05, 0.1) is 23.6 Å². The molecule has 0 spiro atoms. The van der Waals surface area contributed by atoms with Gasteiger partial charge in [0.15, 0.2) is 0 Å². The molecule has 0 aliphatic heterocycles. The number of thiazole rings is 1. The van der Waals surface area contributed by atoms with E-state index in [1.54, 1.807) is 30.5 Å². The lowest BCUT2D eigenvalue weighted by Crippen LogP contribution is -2.31. The molecule has 9 heteroatoms. The molecule has 2 aromatic heterocycles. The minimum Gasteiger partial charge on any atom is -0.493 e. The number of pyridine rings is 1. The van der Waals surface area contributed by atoms with E-state index in [1.165, 1.54) is 37.5 Å². The van der Waals surface area contributed by atoms with Gasteiger partial charge in [-0.25, -0.2) is 9.97 Å². The average Bonchev–Trinajstić information content (AvgIpc) is 3.55. The Kier molecular flexibility index (Phi) is 7.47. The van der Waals surface area contributed by atoms with Gasteiger partial charge in [-0.15, -0.1) is 0 Å². The third kappa shape index (κ3) is 6.69. The van der Waals surface area contributed by atoms with Crippen molar-refractivity contribution in [1.29, 1.82) is 0 Å². The molecule has 1 saturated carbocycles. The van der Waals surface area contributed by atoms with E-state index in [9.17, 15) is 4.79 Å². The van der Waals surface area contributed by atoms with Crippen LogP contribution in [0.2, 0.25) is 5.02 Å². The maximum Gasteiger partial charge on any atom is 0.279 e. The lowest BCUT2D eigenvalue weighted by atomic mass is 10.2. The number of hydrogen-bond donors (Lipinski definition) is 1. The molecule has 1 amide bonds. The van der Waals surface area contributed by atoms with Crippen LogP contribution in [0.3, 0.4) is 0 Å². The second-order valence-electron chi connectivity index (χ2n) is 7.69. The van der Waals surface area contributed by atoms with Gasteiger partial charge >= 0.3 is 0 Å². The summed E-state index contributed by atoms with van der Waals surface area (Å²) >= 11 is 7.72. The molecular weight excluding hydrogens is 462 g/mol. The van der Waals surface area contributed by atoms with Gasteiger partial charge in [0.25, 0.3) is 11.1 Å². The van der Waals surface area contributed by atoms with Crippen molar-refractivity contribution >= 4 is 34.9 Å². The summed E-state index contributed by atoms with van der Waals surface area (Å²) < 4.78 is 16.6. The SMILES string of the molecule is COc1cc(C(=O)N[C@@H](C)C=Cc2cnc(Oc3ccc(OCC4CC4)cc3Cl)s2)ccn1. The number of amides is 1. The third-order valence-corrected chi connectivity index (χ3v) is 6.04. The van der Waals surface area contributed by atoms with Gasteiger partial charge in [-0.3, -0.25) is 4.79 Å². The molecule has 2 heterocycles. The summed E-state index contributed by atoms with van der Waals surface area (Å²) in [4.78, 5) is 21.6. The van der Waals surface area contributed by atoms with Crippen LogP contribution in [0.15, 0.2) is 48.8 Å². The van der Waals surface area contributed by atoms with Gasteiger partial charge in [0, 0.05) is 36.1 Å². The molecular formula is C24H24ClN3O4S. The van der Waals surface area contributed by atoms with E-state index >= 15 is 0 Å². The Balaban J connectivity index is 1.30. The van der Waals surface area contributed by atoms with E-state index < -0.39 is 0 Å². The number of hydrogen-bond acceptors (Lipinski definition) is 7.